The zero-order valence-corrected chi connectivity index (χ0v) is 22.8. The van der Waals surface area contributed by atoms with E-state index in [-0.39, 0.29) is 17.4 Å². The van der Waals surface area contributed by atoms with Crippen LogP contribution in [-0.4, -0.2) is 36.7 Å². The summed E-state index contributed by atoms with van der Waals surface area (Å²) >= 11 is 0. The minimum absolute atomic E-state index is 0.103. The van der Waals surface area contributed by atoms with Gasteiger partial charge in [-0.3, -0.25) is 4.99 Å². The van der Waals surface area contributed by atoms with Gasteiger partial charge in [-0.2, -0.15) is 21.6 Å². The minimum Gasteiger partial charge on any atom is -0.281 e. The van der Waals surface area contributed by atoms with Crippen molar-refractivity contribution in [2.75, 3.05) is 0 Å². The number of allylic oxidation sites excluding steroid dienone is 3. The molecule has 0 radical (unpaired) electrons. The van der Waals surface area contributed by atoms with Crippen LogP contribution in [0.4, 0.5) is 22.0 Å². The molecule has 0 spiro atoms. The molecule has 1 atom stereocenters. The highest BCUT2D eigenvalue weighted by atomic mass is 32.2. The third-order valence-electron chi connectivity index (χ3n) is 7.30. The Bertz CT molecular complexity index is 1420. The van der Waals surface area contributed by atoms with Gasteiger partial charge in [0.15, 0.2) is 0 Å². The predicted octanol–water partition coefficient (Wildman–Crippen LogP) is 7.72. The highest BCUT2D eigenvalue weighted by Crippen LogP contribution is 2.36. The summed E-state index contributed by atoms with van der Waals surface area (Å²) in [7, 11) is -5.66. The first kappa shape index (κ1) is 29.6. The van der Waals surface area contributed by atoms with E-state index >= 15 is 0 Å². The van der Waals surface area contributed by atoms with Crippen molar-refractivity contribution in [2.24, 2.45) is 9.98 Å². The van der Waals surface area contributed by atoms with Crippen LogP contribution >= 0.6 is 0 Å². The van der Waals surface area contributed by atoms with Crippen molar-refractivity contribution in [1.29, 1.82) is 0 Å². The number of rotatable bonds is 8. The second-order valence-electron chi connectivity index (χ2n) is 9.92. The molecule has 1 unspecified atom stereocenters. The molecule has 4 rings (SSSR count). The number of halogens is 5. The first-order valence-electron chi connectivity index (χ1n) is 13.0. The van der Waals surface area contributed by atoms with Crippen molar-refractivity contribution < 1.29 is 30.4 Å². The molecule has 1 saturated carbocycles. The summed E-state index contributed by atoms with van der Waals surface area (Å²) in [4.78, 5) is 8.21. The molecule has 0 bridgehead atoms. The highest BCUT2D eigenvalue weighted by molar-refractivity contribution is 7.90. The fraction of sp³-hybridized carbons (Fsp3) is 0.379. The van der Waals surface area contributed by atoms with Crippen molar-refractivity contribution in [1.82, 2.24) is 4.31 Å². The average Bonchev–Trinajstić information content (AvgIpc) is 3.40. The zero-order chi connectivity index (χ0) is 29.1. The first-order chi connectivity index (χ1) is 18.9. The maximum atomic E-state index is 14.2. The smallest absolute Gasteiger partial charge is 0.281 e. The molecule has 0 N–H and O–H groups in total. The maximum absolute atomic E-state index is 14.2. The van der Waals surface area contributed by atoms with E-state index in [4.69, 9.17) is 0 Å². The number of alkyl halides is 3. The SMILES string of the molecule is C=N/C(=C\C=C(/C)c1ccc(C2CCC(c3c(F)cccc3F)=N2)cc1)N(C1CCCCC1)S(=O)(=O)C(F)(F)F. The first-order valence-corrected chi connectivity index (χ1v) is 14.5. The lowest BCUT2D eigenvalue weighted by molar-refractivity contribution is -0.0494. The molecule has 2 aliphatic rings. The van der Waals surface area contributed by atoms with E-state index < -0.39 is 33.2 Å². The van der Waals surface area contributed by atoms with Gasteiger partial charge < -0.3 is 0 Å². The molecule has 0 amide bonds. The molecule has 0 saturated heterocycles. The largest absolute Gasteiger partial charge is 0.516 e. The van der Waals surface area contributed by atoms with Crippen molar-refractivity contribution in [3.63, 3.8) is 0 Å². The molecule has 2 aromatic carbocycles. The van der Waals surface area contributed by atoms with Crippen LogP contribution in [0.2, 0.25) is 0 Å². The van der Waals surface area contributed by atoms with Crippen LogP contribution in [0, 0.1) is 11.6 Å². The quantitative estimate of drug-likeness (QED) is 0.183. The van der Waals surface area contributed by atoms with Gasteiger partial charge in [-0.25, -0.2) is 18.1 Å². The van der Waals surface area contributed by atoms with Crippen LogP contribution < -0.4 is 0 Å². The predicted molar refractivity (Wildman–Crippen MR) is 146 cm³/mol. The number of sulfonamides is 1. The number of benzene rings is 2. The number of aliphatic imine (C=N–C) groups is 2. The summed E-state index contributed by atoms with van der Waals surface area (Å²) in [6, 6.07) is 9.87. The van der Waals surface area contributed by atoms with Gasteiger partial charge in [-0.1, -0.05) is 55.7 Å². The Hall–Kier alpha value is -3.34. The molecule has 2 aromatic rings. The van der Waals surface area contributed by atoms with Crippen LogP contribution in [-0.2, 0) is 10.0 Å². The maximum Gasteiger partial charge on any atom is 0.516 e. The van der Waals surface area contributed by atoms with E-state index in [2.05, 4.69) is 16.7 Å². The fourth-order valence-electron chi connectivity index (χ4n) is 5.19. The lowest BCUT2D eigenvalue weighted by atomic mass is 9.95. The molecule has 214 valence electrons. The van der Waals surface area contributed by atoms with Gasteiger partial charge in [0.05, 0.1) is 11.6 Å². The minimum atomic E-state index is -5.66. The lowest BCUT2D eigenvalue weighted by Gasteiger charge is -2.35. The normalized spacial score (nSPS) is 19.4. The lowest BCUT2D eigenvalue weighted by Crippen LogP contribution is -2.46. The molecule has 11 heteroatoms. The Morgan fingerprint density at radius 3 is 2.20 bits per heavy atom. The molecule has 5 nitrogen and oxygen atoms in total. The Balaban J connectivity index is 1.57. The van der Waals surface area contributed by atoms with E-state index in [1.165, 1.54) is 30.4 Å². The van der Waals surface area contributed by atoms with E-state index in [1.54, 1.807) is 19.1 Å². The highest BCUT2D eigenvalue weighted by Gasteiger charge is 2.52. The Labute approximate surface area is 230 Å². The number of hydrogen-bond acceptors (Lipinski definition) is 4. The van der Waals surface area contributed by atoms with E-state index in [1.807, 2.05) is 12.1 Å². The Morgan fingerprint density at radius 1 is 1.00 bits per heavy atom. The summed E-state index contributed by atoms with van der Waals surface area (Å²) in [5, 5.41) is 0. The summed E-state index contributed by atoms with van der Waals surface area (Å²) < 4.78 is 94.3. The second kappa shape index (κ2) is 12.0. The molecule has 1 aliphatic carbocycles. The third-order valence-corrected chi connectivity index (χ3v) is 8.88. The standard InChI is InChI=1S/C29H30F5N3O2S/c1-19(11-18-27(35-2)37(22-7-4-3-5-8-22)40(38,39)29(32,33)34)20-12-14-21(15-13-20)25-16-17-26(36-25)28-23(30)9-6-10-24(28)31/h6,9-15,18,22,25H,2-5,7-8,16-17H2,1H3/b19-11+,27-18+. The van der Waals surface area contributed by atoms with Crippen LogP contribution in [0.15, 0.2) is 70.4 Å². The zero-order valence-electron chi connectivity index (χ0n) is 22.0. The number of hydrogen-bond donors (Lipinski definition) is 0. The van der Waals surface area contributed by atoms with Crippen molar-refractivity contribution in [2.45, 2.75) is 69.5 Å². The molecular weight excluding hydrogens is 549 g/mol. The molecule has 0 aromatic heterocycles. The summed E-state index contributed by atoms with van der Waals surface area (Å²) in [5.41, 5.74) is -2.94. The molecule has 1 fully saturated rings. The third kappa shape index (κ3) is 6.19. The van der Waals surface area contributed by atoms with Crippen molar-refractivity contribution in [3.8, 4) is 0 Å². The topological polar surface area (TPSA) is 62.1 Å². The van der Waals surface area contributed by atoms with Gasteiger partial charge in [0.1, 0.15) is 17.5 Å². The van der Waals surface area contributed by atoms with Crippen molar-refractivity contribution >= 4 is 28.0 Å². The van der Waals surface area contributed by atoms with Crippen molar-refractivity contribution in [3.05, 3.63) is 88.8 Å². The molecule has 40 heavy (non-hydrogen) atoms. The monoisotopic (exact) mass is 579 g/mol. The summed E-state index contributed by atoms with van der Waals surface area (Å²) in [5.74, 6) is -1.68. The number of nitrogens with zero attached hydrogens (tertiary/aromatic N) is 3. The van der Waals surface area contributed by atoms with Gasteiger partial charge in [0.2, 0.25) is 0 Å². The van der Waals surface area contributed by atoms with Crippen LogP contribution in [0.25, 0.3) is 5.57 Å². The average molecular weight is 580 g/mol. The Kier molecular flexibility index (Phi) is 8.92. The Morgan fingerprint density at radius 2 is 1.62 bits per heavy atom. The van der Waals surface area contributed by atoms with E-state index in [0.717, 1.165) is 17.5 Å². The van der Waals surface area contributed by atoms with Crippen LogP contribution in [0.5, 0.6) is 0 Å². The second-order valence-corrected chi connectivity index (χ2v) is 11.7. The van der Waals surface area contributed by atoms with Gasteiger partial charge >= 0.3 is 15.5 Å². The summed E-state index contributed by atoms with van der Waals surface area (Å²) in [6.45, 7) is 5.08. The summed E-state index contributed by atoms with van der Waals surface area (Å²) in [6.07, 6.45) is 6.48. The van der Waals surface area contributed by atoms with E-state index in [0.29, 0.717) is 54.1 Å². The van der Waals surface area contributed by atoms with E-state index in [9.17, 15) is 30.4 Å². The van der Waals surface area contributed by atoms with Gasteiger partial charge in [0.25, 0.3) is 0 Å². The molecule has 1 heterocycles. The molecular formula is C29H30F5N3O2S. The van der Waals surface area contributed by atoms with Crippen LogP contribution in [0.3, 0.4) is 0 Å². The van der Waals surface area contributed by atoms with Gasteiger partial charge in [0, 0.05) is 11.8 Å². The molecule has 1 aliphatic heterocycles. The fourth-order valence-corrected chi connectivity index (χ4v) is 6.38. The van der Waals surface area contributed by atoms with Gasteiger partial charge in [-0.05, 0) is 74.2 Å². The van der Waals surface area contributed by atoms with Crippen LogP contribution in [0.1, 0.15) is 74.6 Å². The van der Waals surface area contributed by atoms with Gasteiger partial charge in [-0.15, -0.1) is 0 Å².